The first kappa shape index (κ1) is 23.6. The summed E-state index contributed by atoms with van der Waals surface area (Å²) in [4.78, 5) is 17.8. The van der Waals surface area contributed by atoms with Gasteiger partial charge >= 0.3 is 0 Å². The molecule has 4 aliphatic rings. The van der Waals surface area contributed by atoms with Crippen molar-refractivity contribution in [3.63, 3.8) is 0 Å². The molecule has 1 amide bonds. The van der Waals surface area contributed by atoms with Crippen LogP contribution in [-0.4, -0.2) is 30.5 Å². The van der Waals surface area contributed by atoms with Gasteiger partial charge in [-0.3, -0.25) is 9.48 Å². The van der Waals surface area contributed by atoms with E-state index in [0.717, 1.165) is 36.8 Å². The van der Waals surface area contributed by atoms with Gasteiger partial charge in [-0.15, -0.1) is 5.10 Å². The molecule has 7 nitrogen and oxygen atoms in total. The van der Waals surface area contributed by atoms with Gasteiger partial charge in [-0.25, -0.2) is 31.6 Å². The lowest BCUT2D eigenvalue weighted by atomic mass is 9.46. The molecule has 4 aliphatic carbocycles. The van der Waals surface area contributed by atoms with Crippen molar-refractivity contribution in [2.45, 2.75) is 50.6 Å². The number of halogens is 6. The number of nitrogens with zero attached hydrogens (tertiary/aromatic N) is 5. The normalized spacial score (nSPS) is 28.6. The first-order valence-corrected chi connectivity index (χ1v) is 12.3. The van der Waals surface area contributed by atoms with Crippen LogP contribution in [0.1, 0.15) is 44.1 Å². The molecular formula is C23H20BrF5N6O. The molecule has 2 unspecified atom stereocenters. The summed E-state index contributed by atoms with van der Waals surface area (Å²) >= 11 is 3.30. The Kier molecular flexibility index (Phi) is 5.29. The van der Waals surface area contributed by atoms with Crippen molar-refractivity contribution in [3.05, 3.63) is 58.0 Å². The Balaban J connectivity index is 1.23. The number of hydrogen-bond donors (Lipinski definition) is 1. The molecule has 2 heterocycles. The van der Waals surface area contributed by atoms with E-state index in [-0.39, 0.29) is 17.3 Å². The number of nitrogens with one attached hydrogen (secondary N) is 1. The standard InChI is InChI=1S/C23H20BrF5N6O/c24-21-30-10-35(33-21)23-6-11-3-12(7-23)5-22(4-11,9-23)20(36)31-14-1-2-34(32-14)8-13-15(25)17(27)19(29)18(28)16(13)26/h1-2,10-12H,3-9H2,(H,31,32,36). The smallest absolute Gasteiger partial charge is 0.231 e. The molecule has 13 heteroatoms. The molecule has 2 atom stereocenters. The number of rotatable bonds is 5. The summed E-state index contributed by atoms with van der Waals surface area (Å²) < 4.78 is 71.9. The first-order valence-electron chi connectivity index (χ1n) is 11.5. The average molecular weight is 571 g/mol. The maximum Gasteiger partial charge on any atom is 0.231 e. The van der Waals surface area contributed by atoms with Crippen LogP contribution < -0.4 is 5.32 Å². The fourth-order valence-corrected chi connectivity index (χ4v) is 7.20. The third-order valence-corrected chi connectivity index (χ3v) is 8.33. The van der Waals surface area contributed by atoms with Crippen LogP contribution in [-0.2, 0) is 16.9 Å². The molecule has 190 valence electrons. The Hall–Kier alpha value is -2.83. The lowest BCUT2D eigenvalue weighted by molar-refractivity contribution is -0.150. The largest absolute Gasteiger partial charge is 0.309 e. The Morgan fingerprint density at radius 2 is 1.64 bits per heavy atom. The summed E-state index contributed by atoms with van der Waals surface area (Å²) in [5.41, 5.74) is -1.91. The maximum atomic E-state index is 14.1. The molecule has 4 saturated carbocycles. The zero-order valence-electron chi connectivity index (χ0n) is 18.7. The van der Waals surface area contributed by atoms with E-state index in [1.54, 1.807) is 6.33 Å². The van der Waals surface area contributed by atoms with Gasteiger partial charge in [0.25, 0.3) is 0 Å². The van der Waals surface area contributed by atoms with Crippen LogP contribution in [0, 0.1) is 46.3 Å². The minimum Gasteiger partial charge on any atom is -0.309 e. The fraction of sp³-hybridized carbons (Fsp3) is 0.478. The number of carbonyl (C=O) groups excluding carboxylic acids is 1. The highest BCUT2D eigenvalue weighted by atomic mass is 79.9. The van der Waals surface area contributed by atoms with Crippen molar-refractivity contribution in [3.8, 4) is 0 Å². The highest BCUT2D eigenvalue weighted by molar-refractivity contribution is 9.10. The molecule has 4 fully saturated rings. The lowest BCUT2D eigenvalue weighted by Gasteiger charge is -2.60. The van der Waals surface area contributed by atoms with Crippen LogP contribution in [0.3, 0.4) is 0 Å². The molecular weight excluding hydrogens is 551 g/mol. The minimum absolute atomic E-state index is 0.136. The highest BCUT2D eigenvalue weighted by Gasteiger charge is 2.61. The van der Waals surface area contributed by atoms with E-state index in [2.05, 4.69) is 36.4 Å². The molecule has 7 rings (SSSR count). The third kappa shape index (κ3) is 3.57. The van der Waals surface area contributed by atoms with Crippen LogP contribution in [0.25, 0.3) is 0 Å². The van der Waals surface area contributed by atoms with E-state index in [1.807, 2.05) is 4.68 Å². The van der Waals surface area contributed by atoms with Crippen molar-refractivity contribution < 1.29 is 26.7 Å². The number of aromatic nitrogens is 5. The molecule has 0 saturated heterocycles. The molecule has 2 aromatic heterocycles. The van der Waals surface area contributed by atoms with E-state index < -0.39 is 46.6 Å². The number of carbonyl (C=O) groups is 1. The minimum atomic E-state index is -2.21. The van der Waals surface area contributed by atoms with Crippen molar-refractivity contribution in [2.75, 3.05) is 5.32 Å². The Bertz CT molecular complexity index is 1350. The number of anilines is 1. The van der Waals surface area contributed by atoms with Gasteiger partial charge < -0.3 is 5.32 Å². The van der Waals surface area contributed by atoms with E-state index in [0.29, 0.717) is 23.0 Å². The van der Waals surface area contributed by atoms with Gasteiger partial charge in [-0.2, -0.15) is 5.10 Å². The van der Waals surface area contributed by atoms with Crippen molar-refractivity contribution in [1.29, 1.82) is 0 Å². The quantitative estimate of drug-likeness (QED) is 0.268. The van der Waals surface area contributed by atoms with E-state index in [1.165, 1.54) is 12.3 Å². The summed E-state index contributed by atoms with van der Waals surface area (Å²) in [6.07, 6.45) is 8.06. The topological polar surface area (TPSA) is 77.6 Å². The molecule has 0 radical (unpaired) electrons. The van der Waals surface area contributed by atoms with Crippen LogP contribution in [0.15, 0.2) is 23.3 Å². The second kappa shape index (κ2) is 8.09. The molecule has 1 N–H and O–H groups in total. The highest BCUT2D eigenvalue weighted by Crippen LogP contribution is 2.64. The first-order chi connectivity index (χ1) is 17.1. The van der Waals surface area contributed by atoms with Gasteiger partial charge in [0.2, 0.25) is 16.5 Å². The Morgan fingerprint density at radius 1 is 1.00 bits per heavy atom. The van der Waals surface area contributed by atoms with Gasteiger partial charge in [-0.1, -0.05) is 0 Å². The van der Waals surface area contributed by atoms with Gasteiger partial charge in [-0.05, 0) is 66.3 Å². The molecule has 0 aliphatic heterocycles. The SMILES string of the molecule is O=C(Nc1ccn(Cc2c(F)c(F)c(F)c(F)c2F)n1)C12CC3CC(C1)CC(n1cnc(Br)n1)(C3)C2. The van der Waals surface area contributed by atoms with E-state index in [4.69, 9.17) is 0 Å². The zero-order chi connectivity index (χ0) is 25.4. The summed E-state index contributed by atoms with van der Waals surface area (Å²) in [6, 6.07) is 1.43. The van der Waals surface area contributed by atoms with Crippen molar-refractivity contribution >= 4 is 27.7 Å². The van der Waals surface area contributed by atoms with Crippen LogP contribution in [0.2, 0.25) is 0 Å². The molecule has 36 heavy (non-hydrogen) atoms. The lowest BCUT2D eigenvalue weighted by Crippen LogP contribution is -2.60. The van der Waals surface area contributed by atoms with Gasteiger partial charge in [0.15, 0.2) is 29.1 Å². The van der Waals surface area contributed by atoms with Crippen LogP contribution in [0.4, 0.5) is 27.8 Å². The molecule has 3 aromatic rings. The van der Waals surface area contributed by atoms with Gasteiger partial charge in [0, 0.05) is 12.3 Å². The van der Waals surface area contributed by atoms with E-state index >= 15 is 0 Å². The Morgan fingerprint density at radius 3 is 2.25 bits per heavy atom. The van der Waals surface area contributed by atoms with Gasteiger partial charge in [0.05, 0.1) is 23.1 Å². The Labute approximate surface area is 210 Å². The monoisotopic (exact) mass is 570 g/mol. The van der Waals surface area contributed by atoms with Crippen molar-refractivity contribution in [1.82, 2.24) is 24.5 Å². The number of amides is 1. The second-order valence-corrected chi connectivity index (χ2v) is 11.0. The summed E-state index contributed by atoms with van der Waals surface area (Å²) in [6.45, 7) is -0.693. The number of hydrogen-bond acceptors (Lipinski definition) is 4. The molecule has 4 bridgehead atoms. The summed E-state index contributed by atoms with van der Waals surface area (Å²) in [5, 5.41) is 11.4. The molecule has 1 aromatic carbocycles. The predicted molar refractivity (Wildman–Crippen MR) is 119 cm³/mol. The predicted octanol–water partition coefficient (Wildman–Crippen LogP) is 4.92. The van der Waals surface area contributed by atoms with Crippen LogP contribution >= 0.6 is 15.9 Å². The second-order valence-electron chi connectivity index (χ2n) is 10.3. The summed E-state index contributed by atoms with van der Waals surface area (Å²) in [7, 11) is 0. The van der Waals surface area contributed by atoms with Gasteiger partial charge in [0.1, 0.15) is 6.33 Å². The van der Waals surface area contributed by atoms with Crippen LogP contribution in [0.5, 0.6) is 0 Å². The third-order valence-electron chi connectivity index (χ3n) is 7.96. The molecule has 0 spiro atoms. The average Bonchev–Trinajstić information content (AvgIpc) is 3.47. The fourth-order valence-electron chi connectivity index (χ4n) is 6.94. The summed E-state index contributed by atoms with van der Waals surface area (Å²) in [5.74, 6) is -9.36. The number of benzene rings is 1. The maximum absolute atomic E-state index is 14.1. The van der Waals surface area contributed by atoms with E-state index in [9.17, 15) is 26.7 Å². The zero-order valence-corrected chi connectivity index (χ0v) is 20.3. The van der Waals surface area contributed by atoms with Crippen molar-refractivity contribution in [2.24, 2.45) is 17.3 Å².